The molecular formula is C16H14BrN5O. The molecule has 0 saturated carbocycles. The van der Waals surface area contributed by atoms with Crippen molar-refractivity contribution in [2.45, 2.75) is 13.5 Å². The molecule has 0 fully saturated rings. The minimum atomic E-state index is -0.253. The average Bonchev–Trinajstić information content (AvgIpc) is 2.96. The number of hydrazone groups is 1. The monoisotopic (exact) mass is 371 g/mol. The van der Waals surface area contributed by atoms with Crippen LogP contribution in [-0.4, -0.2) is 26.6 Å². The maximum Gasteiger partial charge on any atom is 0.261 e. The van der Waals surface area contributed by atoms with Gasteiger partial charge in [0, 0.05) is 4.47 Å². The second kappa shape index (κ2) is 6.70. The quantitative estimate of drug-likeness (QED) is 0.566. The van der Waals surface area contributed by atoms with E-state index < -0.39 is 0 Å². The first-order valence-corrected chi connectivity index (χ1v) is 7.80. The third kappa shape index (κ3) is 3.62. The topological polar surface area (TPSA) is 72.2 Å². The summed E-state index contributed by atoms with van der Waals surface area (Å²) in [5.41, 5.74) is 5.80. The number of rotatable bonds is 4. The Morgan fingerprint density at radius 2 is 1.96 bits per heavy atom. The van der Waals surface area contributed by atoms with Crippen molar-refractivity contribution in [1.82, 2.24) is 20.4 Å². The molecule has 1 N–H and O–H groups in total. The van der Waals surface area contributed by atoms with E-state index in [0.29, 0.717) is 0 Å². The molecule has 3 aromatic rings. The summed E-state index contributed by atoms with van der Waals surface area (Å²) in [5.74, 6) is -0.253. The first-order valence-electron chi connectivity index (χ1n) is 7.01. The third-order valence-corrected chi connectivity index (χ3v) is 3.85. The van der Waals surface area contributed by atoms with Gasteiger partial charge in [-0.15, -0.1) is 5.10 Å². The smallest absolute Gasteiger partial charge is 0.261 e. The first kappa shape index (κ1) is 15.4. The van der Waals surface area contributed by atoms with E-state index in [0.717, 1.165) is 26.8 Å². The number of hydrogen-bond acceptors (Lipinski definition) is 4. The van der Waals surface area contributed by atoms with E-state index in [1.165, 1.54) is 0 Å². The molecule has 0 unspecified atom stereocenters. The highest BCUT2D eigenvalue weighted by molar-refractivity contribution is 9.10. The molecule has 0 atom stereocenters. The van der Waals surface area contributed by atoms with Crippen molar-refractivity contribution in [2.75, 3.05) is 0 Å². The molecule has 0 aliphatic carbocycles. The number of para-hydroxylation sites is 1. The normalized spacial score (nSPS) is 11.7. The SMILES string of the molecule is C/C(=N/NC(=O)Cn1nnc2ccccc21)c1ccc(Br)cc1. The number of hydrogen-bond donors (Lipinski definition) is 1. The van der Waals surface area contributed by atoms with E-state index >= 15 is 0 Å². The van der Waals surface area contributed by atoms with Gasteiger partial charge >= 0.3 is 0 Å². The third-order valence-electron chi connectivity index (χ3n) is 3.32. The van der Waals surface area contributed by atoms with Crippen molar-refractivity contribution >= 4 is 38.6 Å². The number of carbonyl (C=O) groups excluding carboxylic acids is 1. The Balaban J connectivity index is 1.67. The lowest BCUT2D eigenvalue weighted by molar-refractivity contribution is -0.121. The first-order chi connectivity index (χ1) is 11.1. The molecule has 23 heavy (non-hydrogen) atoms. The Morgan fingerprint density at radius 1 is 1.22 bits per heavy atom. The van der Waals surface area contributed by atoms with Gasteiger partial charge in [0.1, 0.15) is 12.1 Å². The van der Waals surface area contributed by atoms with Crippen molar-refractivity contribution in [2.24, 2.45) is 5.10 Å². The van der Waals surface area contributed by atoms with Crippen LogP contribution in [-0.2, 0) is 11.3 Å². The highest BCUT2D eigenvalue weighted by atomic mass is 79.9. The van der Waals surface area contributed by atoms with Crippen LogP contribution in [0.15, 0.2) is 58.1 Å². The molecule has 0 aliphatic rings. The summed E-state index contributed by atoms with van der Waals surface area (Å²) in [7, 11) is 0. The van der Waals surface area contributed by atoms with Crippen molar-refractivity contribution in [1.29, 1.82) is 0 Å². The summed E-state index contributed by atoms with van der Waals surface area (Å²) in [6.45, 7) is 1.91. The number of nitrogens with zero attached hydrogens (tertiary/aromatic N) is 4. The van der Waals surface area contributed by atoms with Gasteiger partial charge in [0.15, 0.2) is 0 Å². The molecule has 1 heterocycles. The fraction of sp³-hybridized carbons (Fsp3) is 0.125. The van der Waals surface area contributed by atoms with Crippen LogP contribution < -0.4 is 5.43 Å². The molecule has 0 saturated heterocycles. The predicted octanol–water partition coefficient (Wildman–Crippen LogP) is 2.73. The van der Waals surface area contributed by atoms with Crippen molar-refractivity contribution in [3.05, 3.63) is 58.6 Å². The van der Waals surface area contributed by atoms with Gasteiger partial charge < -0.3 is 0 Å². The van der Waals surface area contributed by atoms with Crippen LogP contribution in [0, 0.1) is 0 Å². The molecule has 7 heteroatoms. The summed E-state index contributed by atoms with van der Waals surface area (Å²) < 4.78 is 2.55. The average molecular weight is 372 g/mol. The van der Waals surface area contributed by atoms with Crippen molar-refractivity contribution < 1.29 is 4.79 Å². The number of nitrogens with one attached hydrogen (secondary N) is 1. The summed E-state index contributed by atoms with van der Waals surface area (Å²) in [6, 6.07) is 15.2. The number of halogens is 1. The van der Waals surface area contributed by atoms with Gasteiger partial charge in [0.25, 0.3) is 5.91 Å². The van der Waals surface area contributed by atoms with Gasteiger partial charge in [-0.05, 0) is 36.8 Å². The van der Waals surface area contributed by atoms with Crippen LogP contribution in [0.5, 0.6) is 0 Å². The standard InChI is InChI=1S/C16H14BrN5O/c1-11(12-6-8-13(17)9-7-12)18-20-16(23)10-22-15-5-3-2-4-14(15)19-21-22/h2-9H,10H2,1H3,(H,20,23)/b18-11-. The number of benzene rings is 2. The van der Waals surface area contributed by atoms with Gasteiger partial charge in [-0.3, -0.25) is 4.79 Å². The van der Waals surface area contributed by atoms with Gasteiger partial charge in [-0.25, -0.2) is 10.1 Å². The van der Waals surface area contributed by atoms with E-state index in [1.54, 1.807) is 4.68 Å². The lowest BCUT2D eigenvalue weighted by atomic mass is 10.1. The number of fused-ring (bicyclic) bond motifs is 1. The molecule has 1 amide bonds. The molecular weight excluding hydrogens is 358 g/mol. The fourth-order valence-electron chi connectivity index (χ4n) is 2.11. The second-order valence-corrected chi connectivity index (χ2v) is 5.89. The highest BCUT2D eigenvalue weighted by Crippen LogP contribution is 2.11. The molecule has 0 bridgehead atoms. The minimum absolute atomic E-state index is 0.0671. The zero-order chi connectivity index (χ0) is 16.2. The lowest BCUT2D eigenvalue weighted by Crippen LogP contribution is -2.24. The molecule has 0 spiro atoms. The van der Waals surface area contributed by atoms with Crippen LogP contribution in [0.1, 0.15) is 12.5 Å². The largest absolute Gasteiger partial charge is 0.271 e. The fourth-order valence-corrected chi connectivity index (χ4v) is 2.37. The number of aromatic nitrogens is 3. The number of amides is 1. The molecule has 0 radical (unpaired) electrons. The van der Waals surface area contributed by atoms with Crippen LogP contribution in [0.2, 0.25) is 0 Å². The zero-order valence-electron chi connectivity index (χ0n) is 12.4. The maximum absolute atomic E-state index is 12.0. The van der Waals surface area contributed by atoms with Crippen molar-refractivity contribution in [3.8, 4) is 0 Å². The lowest BCUT2D eigenvalue weighted by Gasteiger charge is -2.04. The predicted molar refractivity (Wildman–Crippen MR) is 92.0 cm³/mol. The zero-order valence-corrected chi connectivity index (χ0v) is 14.0. The van der Waals surface area contributed by atoms with E-state index in [1.807, 2.05) is 55.5 Å². The molecule has 116 valence electrons. The van der Waals surface area contributed by atoms with Crippen molar-refractivity contribution in [3.63, 3.8) is 0 Å². The Morgan fingerprint density at radius 3 is 2.74 bits per heavy atom. The van der Waals surface area contributed by atoms with Crippen LogP contribution in [0.4, 0.5) is 0 Å². The van der Waals surface area contributed by atoms with Crippen LogP contribution in [0.3, 0.4) is 0 Å². The minimum Gasteiger partial charge on any atom is -0.271 e. The highest BCUT2D eigenvalue weighted by Gasteiger charge is 2.08. The van der Waals surface area contributed by atoms with Crippen LogP contribution in [0.25, 0.3) is 11.0 Å². The van der Waals surface area contributed by atoms with E-state index in [4.69, 9.17) is 0 Å². The Hall–Kier alpha value is -2.54. The van der Waals surface area contributed by atoms with E-state index in [2.05, 4.69) is 36.8 Å². The molecule has 6 nitrogen and oxygen atoms in total. The Kier molecular flexibility index (Phi) is 4.47. The molecule has 3 rings (SSSR count). The summed E-state index contributed by atoms with van der Waals surface area (Å²) in [5, 5.41) is 12.1. The second-order valence-electron chi connectivity index (χ2n) is 4.97. The van der Waals surface area contributed by atoms with Gasteiger partial charge in [0.2, 0.25) is 0 Å². The molecule has 2 aromatic carbocycles. The maximum atomic E-state index is 12.0. The Bertz CT molecular complexity index is 870. The van der Waals surface area contributed by atoms with Gasteiger partial charge in [-0.2, -0.15) is 5.10 Å². The van der Waals surface area contributed by atoms with E-state index in [-0.39, 0.29) is 12.5 Å². The molecule has 0 aliphatic heterocycles. The van der Waals surface area contributed by atoms with Gasteiger partial charge in [-0.1, -0.05) is 45.4 Å². The van der Waals surface area contributed by atoms with E-state index in [9.17, 15) is 4.79 Å². The summed E-state index contributed by atoms with van der Waals surface area (Å²) >= 11 is 3.38. The van der Waals surface area contributed by atoms with Crippen LogP contribution >= 0.6 is 15.9 Å². The number of carbonyl (C=O) groups is 1. The Labute approximate surface area is 141 Å². The van der Waals surface area contributed by atoms with Gasteiger partial charge in [0.05, 0.1) is 11.2 Å². The summed E-state index contributed by atoms with van der Waals surface area (Å²) in [4.78, 5) is 12.0. The summed E-state index contributed by atoms with van der Waals surface area (Å²) in [6.07, 6.45) is 0. The molecule has 1 aromatic heterocycles.